The molecule has 0 spiro atoms. The van der Waals surface area contributed by atoms with Crippen LogP contribution < -0.4 is 11.1 Å². The minimum Gasteiger partial charge on any atom is -0.327 e. The van der Waals surface area contributed by atoms with Gasteiger partial charge in [0.05, 0.1) is 5.69 Å². The summed E-state index contributed by atoms with van der Waals surface area (Å²) >= 11 is 1.46. The Bertz CT molecular complexity index is 395. The number of carbonyl (C=O) groups is 1. The molecule has 1 atom stereocenters. The molecule has 1 heterocycles. The SMILES string of the molecule is CCCC(N)CC(=O)Nc1nc(C(C)(C)C)cs1. The standard InChI is InChI=1S/C13H23N3OS/c1-5-6-9(14)7-11(17)16-12-15-10(8-18-12)13(2,3)4/h8-9H,5-7,14H2,1-4H3,(H,15,16,17). The van der Waals surface area contributed by atoms with Gasteiger partial charge in [0.1, 0.15) is 0 Å². The van der Waals surface area contributed by atoms with Crippen LogP contribution in [0.15, 0.2) is 5.38 Å². The van der Waals surface area contributed by atoms with Crippen LogP contribution >= 0.6 is 11.3 Å². The van der Waals surface area contributed by atoms with Crippen LogP contribution in [0.3, 0.4) is 0 Å². The highest BCUT2D eigenvalue weighted by atomic mass is 32.1. The highest BCUT2D eigenvalue weighted by Crippen LogP contribution is 2.26. The maximum atomic E-state index is 11.7. The van der Waals surface area contributed by atoms with Crippen molar-refractivity contribution in [1.82, 2.24) is 4.98 Å². The molecule has 5 heteroatoms. The maximum Gasteiger partial charge on any atom is 0.227 e. The van der Waals surface area contributed by atoms with Gasteiger partial charge in [-0.3, -0.25) is 4.79 Å². The van der Waals surface area contributed by atoms with Crippen molar-refractivity contribution in [2.24, 2.45) is 5.73 Å². The first-order chi connectivity index (χ1) is 8.32. The smallest absolute Gasteiger partial charge is 0.227 e. The van der Waals surface area contributed by atoms with E-state index in [-0.39, 0.29) is 17.4 Å². The van der Waals surface area contributed by atoms with E-state index >= 15 is 0 Å². The second kappa shape index (κ2) is 6.29. The van der Waals surface area contributed by atoms with Gasteiger partial charge in [-0.1, -0.05) is 34.1 Å². The normalized spacial score (nSPS) is 13.4. The van der Waals surface area contributed by atoms with Crippen molar-refractivity contribution in [2.45, 2.75) is 58.4 Å². The van der Waals surface area contributed by atoms with Crippen LogP contribution in [0.25, 0.3) is 0 Å². The lowest BCUT2D eigenvalue weighted by Gasteiger charge is -2.14. The van der Waals surface area contributed by atoms with Gasteiger partial charge in [-0.25, -0.2) is 4.98 Å². The molecule has 0 saturated carbocycles. The Morgan fingerprint density at radius 2 is 2.22 bits per heavy atom. The van der Waals surface area contributed by atoms with Gasteiger partial charge in [0.25, 0.3) is 0 Å². The number of aromatic nitrogens is 1. The number of hydrogen-bond donors (Lipinski definition) is 2. The first-order valence-corrected chi connectivity index (χ1v) is 7.22. The lowest BCUT2D eigenvalue weighted by atomic mass is 9.93. The van der Waals surface area contributed by atoms with Crippen molar-refractivity contribution in [3.8, 4) is 0 Å². The second-order valence-corrected chi connectivity index (χ2v) is 6.45. The Kier molecular flexibility index (Phi) is 5.28. The predicted molar refractivity (Wildman–Crippen MR) is 76.9 cm³/mol. The summed E-state index contributed by atoms with van der Waals surface area (Å²) in [7, 11) is 0. The molecule has 4 nitrogen and oxygen atoms in total. The van der Waals surface area contributed by atoms with Gasteiger partial charge in [0, 0.05) is 23.3 Å². The molecular weight excluding hydrogens is 246 g/mol. The van der Waals surface area contributed by atoms with Crippen molar-refractivity contribution >= 4 is 22.4 Å². The monoisotopic (exact) mass is 269 g/mol. The van der Waals surface area contributed by atoms with E-state index in [1.165, 1.54) is 11.3 Å². The molecule has 0 fully saturated rings. The van der Waals surface area contributed by atoms with Gasteiger partial charge >= 0.3 is 0 Å². The fourth-order valence-electron chi connectivity index (χ4n) is 1.56. The molecule has 18 heavy (non-hydrogen) atoms. The van der Waals surface area contributed by atoms with Crippen molar-refractivity contribution in [3.05, 3.63) is 11.1 Å². The topological polar surface area (TPSA) is 68.0 Å². The first kappa shape index (κ1) is 15.1. The van der Waals surface area contributed by atoms with E-state index in [1.54, 1.807) is 0 Å². The molecule has 0 aliphatic carbocycles. The van der Waals surface area contributed by atoms with Crippen LogP contribution in [0, 0.1) is 0 Å². The average Bonchev–Trinajstić information content (AvgIpc) is 2.65. The summed E-state index contributed by atoms with van der Waals surface area (Å²) in [4.78, 5) is 16.2. The van der Waals surface area contributed by atoms with Crippen LogP contribution in [-0.4, -0.2) is 16.9 Å². The molecule has 0 aliphatic heterocycles. The van der Waals surface area contributed by atoms with E-state index < -0.39 is 0 Å². The molecule has 1 rings (SSSR count). The summed E-state index contributed by atoms with van der Waals surface area (Å²) in [5.74, 6) is -0.0502. The molecule has 3 N–H and O–H groups in total. The summed E-state index contributed by atoms with van der Waals surface area (Å²) in [6.45, 7) is 8.37. The van der Waals surface area contributed by atoms with Crippen LogP contribution in [0.2, 0.25) is 0 Å². The number of rotatable bonds is 5. The molecule has 1 unspecified atom stereocenters. The van der Waals surface area contributed by atoms with Gasteiger partial charge in [0.15, 0.2) is 5.13 Å². The quantitative estimate of drug-likeness (QED) is 0.863. The van der Waals surface area contributed by atoms with E-state index in [9.17, 15) is 4.79 Å². The predicted octanol–water partition coefficient (Wildman–Crippen LogP) is 2.90. The number of thiazole rings is 1. The van der Waals surface area contributed by atoms with Gasteiger partial charge < -0.3 is 11.1 Å². The zero-order valence-corrected chi connectivity index (χ0v) is 12.4. The van der Waals surface area contributed by atoms with Gasteiger partial charge in [0.2, 0.25) is 5.91 Å². The summed E-state index contributed by atoms with van der Waals surface area (Å²) in [5.41, 5.74) is 6.85. The van der Waals surface area contributed by atoms with Gasteiger partial charge in [-0.2, -0.15) is 0 Å². The number of nitrogens with one attached hydrogen (secondary N) is 1. The Labute approximate surface area is 113 Å². The van der Waals surface area contributed by atoms with Crippen molar-refractivity contribution < 1.29 is 4.79 Å². The molecule has 1 aromatic rings. The Hall–Kier alpha value is -0.940. The van der Waals surface area contributed by atoms with Gasteiger partial charge in [-0.05, 0) is 6.42 Å². The minimum atomic E-state index is -0.0583. The first-order valence-electron chi connectivity index (χ1n) is 6.34. The zero-order chi connectivity index (χ0) is 13.8. The molecule has 0 bridgehead atoms. The van der Waals surface area contributed by atoms with E-state index in [0.717, 1.165) is 18.5 Å². The number of nitrogens with two attached hydrogens (primary N) is 1. The Morgan fingerprint density at radius 1 is 1.56 bits per heavy atom. The van der Waals surface area contributed by atoms with Crippen LogP contribution in [-0.2, 0) is 10.2 Å². The van der Waals surface area contributed by atoms with E-state index in [0.29, 0.717) is 11.6 Å². The minimum absolute atomic E-state index is 0.0120. The third kappa shape index (κ3) is 4.74. The Balaban J connectivity index is 2.52. The van der Waals surface area contributed by atoms with Crippen molar-refractivity contribution in [2.75, 3.05) is 5.32 Å². The molecule has 0 saturated heterocycles. The number of amides is 1. The van der Waals surface area contributed by atoms with Gasteiger partial charge in [-0.15, -0.1) is 11.3 Å². The fraction of sp³-hybridized carbons (Fsp3) is 0.692. The molecule has 1 aromatic heterocycles. The summed E-state index contributed by atoms with van der Waals surface area (Å²) in [6.07, 6.45) is 2.23. The number of anilines is 1. The van der Waals surface area contributed by atoms with Crippen LogP contribution in [0.4, 0.5) is 5.13 Å². The molecular formula is C13H23N3OS. The fourth-order valence-corrected chi connectivity index (χ4v) is 2.51. The molecule has 1 amide bonds. The summed E-state index contributed by atoms with van der Waals surface area (Å²) < 4.78 is 0. The lowest BCUT2D eigenvalue weighted by Crippen LogP contribution is -2.26. The molecule has 0 radical (unpaired) electrons. The van der Waals surface area contributed by atoms with Crippen molar-refractivity contribution in [3.63, 3.8) is 0 Å². The lowest BCUT2D eigenvalue weighted by molar-refractivity contribution is -0.116. The summed E-state index contributed by atoms with van der Waals surface area (Å²) in [5, 5.41) is 5.46. The van der Waals surface area contributed by atoms with Crippen LogP contribution in [0.5, 0.6) is 0 Å². The highest BCUT2D eigenvalue weighted by Gasteiger charge is 2.18. The van der Waals surface area contributed by atoms with E-state index in [2.05, 4.69) is 38.0 Å². The van der Waals surface area contributed by atoms with E-state index in [4.69, 9.17) is 5.73 Å². The maximum absolute atomic E-state index is 11.7. The Morgan fingerprint density at radius 3 is 2.72 bits per heavy atom. The third-order valence-electron chi connectivity index (χ3n) is 2.63. The second-order valence-electron chi connectivity index (χ2n) is 5.59. The molecule has 0 aliphatic rings. The summed E-state index contributed by atoms with van der Waals surface area (Å²) in [6, 6.07) is -0.0583. The van der Waals surface area contributed by atoms with Crippen LogP contribution in [0.1, 0.15) is 52.7 Å². The average molecular weight is 269 g/mol. The molecule has 0 aromatic carbocycles. The number of hydrogen-bond acceptors (Lipinski definition) is 4. The van der Waals surface area contributed by atoms with E-state index in [1.807, 2.05) is 5.38 Å². The van der Waals surface area contributed by atoms with Crippen molar-refractivity contribution in [1.29, 1.82) is 0 Å². The number of carbonyl (C=O) groups excluding carboxylic acids is 1. The largest absolute Gasteiger partial charge is 0.327 e. The highest BCUT2D eigenvalue weighted by molar-refractivity contribution is 7.13. The zero-order valence-electron chi connectivity index (χ0n) is 11.6. The molecule has 102 valence electrons. The third-order valence-corrected chi connectivity index (χ3v) is 3.38. The number of nitrogens with zero attached hydrogens (tertiary/aromatic N) is 1.